The van der Waals surface area contributed by atoms with Crippen LogP contribution in [-0.4, -0.2) is 56.8 Å². The Morgan fingerprint density at radius 3 is 2.82 bits per heavy atom. The molecule has 0 fully saturated rings. The monoisotopic (exact) mass is 558 g/mol. The van der Waals surface area contributed by atoms with Crippen molar-refractivity contribution in [2.75, 3.05) is 25.5 Å². The number of nitrogens with zero attached hydrogens (tertiary/aromatic N) is 4. The fourth-order valence-electron chi connectivity index (χ4n) is 5.73. The van der Waals surface area contributed by atoms with Gasteiger partial charge >= 0.3 is 12.1 Å². The summed E-state index contributed by atoms with van der Waals surface area (Å²) in [4.78, 5) is 27.0. The highest BCUT2D eigenvalue weighted by Gasteiger charge is 2.31. The lowest BCUT2D eigenvalue weighted by Gasteiger charge is -2.30. The van der Waals surface area contributed by atoms with Gasteiger partial charge in [0, 0.05) is 25.2 Å². The third-order valence-electron chi connectivity index (χ3n) is 7.55. The van der Waals surface area contributed by atoms with E-state index in [9.17, 15) is 13.8 Å². The predicted octanol–water partition coefficient (Wildman–Crippen LogP) is 4.23. The van der Waals surface area contributed by atoms with E-state index in [1.54, 1.807) is 11.7 Å². The van der Waals surface area contributed by atoms with E-state index in [1.165, 1.54) is 22.2 Å². The molecule has 2 aliphatic carbocycles. The molecule has 1 aromatic carbocycles. The van der Waals surface area contributed by atoms with E-state index < -0.39 is 27.6 Å². The fraction of sp³-hybridized carbons (Fsp3) is 0.593. The van der Waals surface area contributed by atoms with E-state index in [-0.39, 0.29) is 23.3 Å². The van der Waals surface area contributed by atoms with Crippen LogP contribution in [0.4, 0.5) is 15.3 Å². The largest absolute Gasteiger partial charge is 0.476 e. The number of carbonyl (C=O) groups is 2. The summed E-state index contributed by atoms with van der Waals surface area (Å²) < 4.78 is 30.2. The smallest absolute Gasteiger partial charge is 0.410 e. The number of aryl methyl sites for hydroxylation is 1. The maximum atomic E-state index is 13.5. The first-order chi connectivity index (χ1) is 18.3. The number of amides is 3. The van der Waals surface area contributed by atoms with Gasteiger partial charge in [0.15, 0.2) is 9.92 Å². The lowest BCUT2D eigenvalue weighted by Crippen LogP contribution is -2.40. The number of benzene rings is 1. The van der Waals surface area contributed by atoms with Crippen LogP contribution >= 0.6 is 0 Å². The molecule has 0 radical (unpaired) electrons. The Bertz CT molecular complexity index is 1430. The second-order valence-corrected chi connectivity index (χ2v) is 13.6. The van der Waals surface area contributed by atoms with E-state index in [1.807, 2.05) is 20.8 Å². The van der Waals surface area contributed by atoms with Crippen LogP contribution in [0.1, 0.15) is 68.7 Å². The summed E-state index contributed by atoms with van der Waals surface area (Å²) in [5.74, 6) is 0.605. The minimum Gasteiger partial charge on any atom is -0.476 e. The maximum Gasteiger partial charge on any atom is 0.410 e. The number of hydrogen-bond acceptors (Lipinski definition) is 6. The first-order valence-corrected chi connectivity index (χ1v) is 15.1. The number of nitrogens with one attached hydrogen (secondary N) is 1. The average Bonchev–Trinajstić information content (AvgIpc) is 3.56. The molecule has 0 saturated heterocycles. The Morgan fingerprint density at radius 1 is 1.31 bits per heavy atom. The average molecular weight is 559 g/mol. The molecule has 0 bridgehead atoms. The molecule has 5 rings (SSSR count). The predicted molar refractivity (Wildman–Crippen MR) is 147 cm³/mol. The van der Waals surface area contributed by atoms with Gasteiger partial charge in [-0.2, -0.15) is 5.10 Å². The zero-order valence-corrected chi connectivity index (χ0v) is 24.1. The van der Waals surface area contributed by atoms with Gasteiger partial charge in [0.05, 0.1) is 19.3 Å². The summed E-state index contributed by atoms with van der Waals surface area (Å²) in [5.41, 5.74) is 5.10. The third kappa shape index (κ3) is 5.62. The van der Waals surface area contributed by atoms with E-state index in [4.69, 9.17) is 14.6 Å². The number of anilines is 1. The van der Waals surface area contributed by atoms with Crippen LogP contribution < -0.4 is 15.2 Å². The summed E-state index contributed by atoms with van der Waals surface area (Å²) in [6.07, 6.45) is 5.81. The number of nitrogens with two attached hydrogens (primary N) is 1. The normalized spacial score (nSPS) is 21.2. The minimum absolute atomic E-state index is 0.0681. The zero-order valence-electron chi connectivity index (χ0n) is 23.3. The topological polar surface area (TPSA) is 141 Å². The summed E-state index contributed by atoms with van der Waals surface area (Å²) in [5, 5.41) is 13.3. The van der Waals surface area contributed by atoms with E-state index in [0.29, 0.717) is 19.0 Å². The summed E-state index contributed by atoms with van der Waals surface area (Å²) in [6, 6.07) is 1.56. The number of urea groups is 1. The van der Waals surface area contributed by atoms with Crippen LogP contribution in [0.15, 0.2) is 21.5 Å². The first-order valence-electron chi connectivity index (χ1n) is 13.5. The van der Waals surface area contributed by atoms with Gasteiger partial charge in [0.25, 0.3) is 0 Å². The molecule has 2 aromatic rings. The molecule has 1 aliphatic heterocycles. The van der Waals surface area contributed by atoms with Crippen molar-refractivity contribution in [2.24, 2.45) is 15.4 Å². The van der Waals surface area contributed by atoms with Gasteiger partial charge in [0.1, 0.15) is 10.5 Å². The molecular formula is C27H38N6O5S. The van der Waals surface area contributed by atoms with Gasteiger partial charge in [-0.15, -0.1) is 4.36 Å². The standard InChI is InChI=1S/C27H38N6O5S/c1-16-9-10-20-21(16)11-18-7-6-8-19(18)23(20)30-25(34)31-39(28,36)22-12-29-33-14-17(15-37-24(22)33)13-32(5)26(35)38-27(2,3)4/h11-12,16-17H,6-10,13-15H2,1-5H3,(H3,28,30,31,34,36). The number of carbonyl (C=O) groups excluding carboxylic acids is 2. The second kappa shape index (κ2) is 10.1. The van der Waals surface area contributed by atoms with Gasteiger partial charge in [-0.05, 0) is 81.0 Å². The summed E-state index contributed by atoms with van der Waals surface area (Å²) in [6.45, 7) is 8.72. The Labute approximate surface area is 229 Å². The number of ether oxygens (including phenoxy) is 2. The number of hydrogen-bond donors (Lipinski definition) is 2. The highest BCUT2D eigenvalue weighted by molar-refractivity contribution is 7.91. The second-order valence-electron chi connectivity index (χ2n) is 11.9. The lowest BCUT2D eigenvalue weighted by atomic mass is 9.96. The Hall–Kier alpha value is -3.12. The Balaban J connectivity index is 1.31. The van der Waals surface area contributed by atoms with Crippen LogP contribution in [0, 0.1) is 5.92 Å². The highest BCUT2D eigenvalue weighted by Crippen LogP contribution is 2.43. The third-order valence-corrected chi connectivity index (χ3v) is 8.90. The van der Waals surface area contributed by atoms with Crippen molar-refractivity contribution in [3.05, 3.63) is 34.5 Å². The molecule has 12 heteroatoms. The van der Waals surface area contributed by atoms with E-state index in [0.717, 1.165) is 48.9 Å². The molecule has 3 N–H and O–H groups in total. The van der Waals surface area contributed by atoms with Crippen molar-refractivity contribution in [2.45, 2.75) is 82.8 Å². The summed E-state index contributed by atoms with van der Waals surface area (Å²) in [7, 11) is -1.95. The maximum absolute atomic E-state index is 13.5. The van der Waals surface area contributed by atoms with Gasteiger partial charge in [-0.3, -0.25) is 0 Å². The van der Waals surface area contributed by atoms with E-state index >= 15 is 0 Å². The molecule has 3 amide bonds. The molecule has 0 spiro atoms. The van der Waals surface area contributed by atoms with Crippen LogP contribution in [0.25, 0.3) is 0 Å². The van der Waals surface area contributed by atoms with Crippen LogP contribution in [0.2, 0.25) is 0 Å². The molecule has 3 aliphatic rings. The molecule has 3 unspecified atom stereocenters. The SMILES string of the molecule is CC1CCc2c1cc1c(c2NC(=O)N=S(N)(=O)c2cnn3c2OCC(CN(C)C(=O)OC(C)(C)C)C3)CCC1. The van der Waals surface area contributed by atoms with Gasteiger partial charge in [0.2, 0.25) is 5.88 Å². The molecule has 0 saturated carbocycles. The van der Waals surface area contributed by atoms with Gasteiger partial charge in [-0.25, -0.2) is 23.6 Å². The molecule has 1 aromatic heterocycles. The van der Waals surface area contributed by atoms with Gasteiger partial charge < -0.3 is 19.7 Å². The number of aromatic nitrogens is 2. The van der Waals surface area contributed by atoms with Crippen molar-refractivity contribution in [3.63, 3.8) is 0 Å². The molecule has 11 nitrogen and oxygen atoms in total. The molecular weight excluding hydrogens is 520 g/mol. The first kappa shape index (κ1) is 27.4. The van der Waals surface area contributed by atoms with Gasteiger partial charge in [-0.1, -0.05) is 13.0 Å². The van der Waals surface area contributed by atoms with Crippen molar-refractivity contribution in [1.82, 2.24) is 14.7 Å². The summed E-state index contributed by atoms with van der Waals surface area (Å²) >= 11 is 0. The number of fused-ring (bicyclic) bond motifs is 3. The lowest BCUT2D eigenvalue weighted by molar-refractivity contribution is 0.0232. The zero-order chi connectivity index (χ0) is 28.1. The Kier molecular flexibility index (Phi) is 7.13. The van der Waals surface area contributed by atoms with Crippen molar-refractivity contribution >= 4 is 27.7 Å². The fourth-order valence-corrected chi connectivity index (χ4v) is 6.73. The molecule has 3 atom stereocenters. The molecule has 2 heterocycles. The van der Waals surface area contributed by atoms with Crippen molar-refractivity contribution < 1.29 is 23.3 Å². The quantitative estimate of drug-likeness (QED) is 0.575. The van der Waals surface area contributed by atoms with Crippen LogP contribution in [0.5, 0.6) is 5.88 Å². The van der Waals surface area contributed by atoms with Crippen molar-refractivity contribution in [1.29, 1.82) is 0 Å². The molecule has 39 heavy (non-hydrogen) atoms. The minimum atomic E-state index is -3.62. The van der Waals surface area contributed by atoms with Crippen LogP contribution in [0.3, 0.4) is 0 Å². The van der Waals surface area contributed by atoms with Crippen molar-refractivity contribution in [3.8, 4) is 5.88 Å². The highest BCUT2D eigenvalue weighted by atomic mass is 32.2. The number of rotatable bonds is 4. The van der Waals surface area contributed by atoms with E-state index in [2.05, 4.69) is 27.8 Å². The Morgan fingerprint density at radius 2 is 2.08 bits per heavy atom. The molecule has 212 valence electrons. The van der Waals surface area contributed by atoms with Crippen LogP contribution in [-0.2, 0) is 40.5 Å².